The van der Waals surface area contributed by atoms with Crippen LogP contribution in [0.2, 0.25) is 0 Å². The molecular weight excluding hydrogens is 225 g/mol. The number of anilines is 1. The maximum atomic E-state index is 13.1. The van der Waals surface area contributed by atoms with Crippen molar-refractivity contribution in [1.82, 2.24) is 4.98 Å². The SMILES string of the molecule is COC(=O)Cc1cc(N)nc(F)c1C(F)F. The zero-order valence-corrected chi connectivity index (χ0v) is 8.34. The minimum absolute atomic E-state index is 0.216. The maximum Gasteiger partial charge on any atom is 0.309 e. The van der Waals surface area contributed by atoms with E-state index in [1.165, 1.54) is 0 Å². The Morgan fingerprint density at radius 2 is 2.25 bits per heavy atom. The molecule has 0 saturated heterocycles. The van der Waals surface area contributed by atoms with Crippen LogP contribution in [0.15, 0.2) is 6.07 Å². The topological polar surface area (TPSA) is 65.2 Å². The van der Waals surface area contributed by atoms with Crippen LogP contribution in [0.1, 0.15) is 17.6 Å². The molecule has 0 aliphatic rings. The fourth-order valence-corrected chi connectivity index (χ4v) is 1.20. The standard InChI is InChI=1S/C9H9F3N2O2/c1-16-6(15)3-4-2-5(13)14-9(12)7(4)8(10)11/h2,8H,3H2,1H3,(H2,13,14). The number of nitrogen functional groups attached to an aromatic ring is 1. The minimum Gasteiger partial charge on any atom is -0.469 e. The van der Waals surface area contributed by atoms with E-state index in [4.69, 9.17) is 5.73 Å². The van der Waals surface area contributed by atoms with Crippen molar-refractivity contribution in [1.29, 1.82) is 0 Å². The van der Waals surface area contributed by atoms with E-state index in [2.05, 4.69) is 9.72 Å². The molecule has 1 aromatic heterocycles. The second kappa shape index (κ2) is 4.82. The molecule has 0 aliphatic carbocycles. The molecule has 0 bridgehead atoms. The van der Waals surface area contributed by atoms with Crippen molar-refractivity contribution in [2.45, 2.75) is 12.8 Å². The van der Waals surface area contributed by atoms with E-state index in [1.54, 1.807) is 0 Å². The summed E-state index contributed by atoms with van der Waals surface area (Å²) in [6.45, 7) is 0. The quantitative estimate of drug-likeness (QED) is 0.635. The molecule has 0 amide bonds. The van der Waals surface area contributed by atoms with Crippen LogP contribution in [-0.4, -0.2) is 18.1 Å². The van der Waals surface area contributed by atoms with Crippen LogP contribution in [0, 0.1) is 5.95 Å². The van der Waals surface area contributed by atoms with Crippen molar-refractivity contribution in [3.63, 3.8) is 0 Å². The number of alkyl halides is 2. The molecule has 0 spiro atoms. The van der Waals surface area contributed by atoms with Gasteiger partial charge in [-0.2, -0.15) is 4.39 Å². The summed E-state index contributed by atoms with van der Waals surface area (Å²) in [7, 11) is 1.10. The molecule has 0 saturated carbocycles. The van der Waals surface area contributed by atoms with Gasteiger partial charge in [-0.25, -0.2) is 13.8 Å². The number of carbonyl (C=O) groups excluding carboxylic acids is 1. The van der Waals surface area contributed by atoms with E-state index in [-0.39, 0.29) is 11.4 Å². The fraction of sp³-hybridized carbons (Fsp3) is 0.333. The van der Waals surface area contributed by atoms with Crippen LogP contribution in [-0.2, 0) is 16.0 Å². The average molecular weight is 234 g/mol. The predicted octanol–water partition coefficient (Wildman–Crippen LogP) is 1.46. The molecule has 0 aliphatic heterocycles. The largest absolute Gasteiger partial charge is 0.469 e. The Morgan fingerprint density at radius 1 is 1.62 bits per heavy atom. The van der Waals surface area contributed by atoms with Gasteiger partial charge in [-0.15, -0.1) is 0 Å². The van der Waals surface area contributed by atoms with Gasteiger partial charge in [-0.3, -0.25) is 4.79 Å². The molecule has 1 aromatic rings. The molecule has 4 nitrogen and oxygen atoms in total. The van der Waals surface area contributed by atoms with Gasteiger partial charge in [-0.1, -0.05) is 0 Å². The lowest BCUT2D eigenvalue weighted by Crippen LogP contribution is -2.11. The summed E-state index contributed by atoms with van der Waals surface area (Å²) in [6.07, 6.45) is -3.53. The van der Waals surface area contributed by atoms with Crippen molar-refractivity contribution in [2.24, 2.45) is 0 Å². The molecule has 0 radical (unpaired) electrons. The summed E-state index contributed by atoms with van der Waals surface area (Å²) >= 11 is 0. The van der Waals surface area contributed by atoms with Gasteiger partial charge in [0.15, 0.2) is 0 Å². The first-order chi connectivity index (χ1) is 7.45. The number of rotatable bonds is 3. The molecule has 16 heavy (non-hydrogen) atoms. The Hall–Kier alpha value is -1.79. The van der Waals surface area contributed by atoms with Gasteiger partial charge in [-0.05, 0) is 11.6 Å². The number of ether oxygens (including phenoxy) is 1. The van der Waals surface area contributed by atoms with Gasteiger partial charge >= 0.3 is 5.97 Å². The van der Waals surface area contributed by atoms with Crippen LogP contribution in [0.3, 0.4) is 0 Å². The molecule has 0 fully saturated rings. The fourth-order valence-electron chi connectivity index (χ4n) is 1.20. The number of carbonyl (C=O) groups is 1. The van der Waals surface area contributed by atoms with E-state index in [1.807, 2.05) is 0 Å². The van der Waals surface area contributed by atoms with Gasteiger partial charge in [0.25, 0.3) is 6.43 Å². The summed E-state index contributed by atoms with van der Waals surface area (Å²) < 4.78 is 42.4. The molecule has 2 N–H and O–H groups in total. The first-order valence-electron chi connectivity index (χ1n) is 4.25. The van der Waals surface area contributed by atoms with E-state index < -0.39 is 30.3 Å². The Bertz CT molecular complexity index is 410. The minimum atomic E-state index is -3.06. The number of hydrogen-bond donors (Lipinski definition) is 1. The van der Waals surface area contributed by atoms with Gasteiger partial charge in [0.2, 0.25) is 5.95 Å². The lowest BCUT2D eigenvalue weighted by molar-refractivity contribution is -0.139. The average Bonchev–Trinajstić information content (AvgIpc) is 2.15. The Balaban J connectivity index is 3.18. The Labute approximate surface area is 89.2 Å². The molecule has 0 aromatic carbocycles. The molecule has 0 unspecified atom stereocenters. The smallest absolute Gasteiger partial charge is 0.309 e. The van der Waals surface area contributed by atoms with Crippen LogP contribution in [0.4, 0.5) is 19.0 Å². The van der Waals surface area contributed by atoms with Crippen molar-refractivity contribution < 1.29 is 22.7 Å². The molecule has 1 heterocycles. The normalized spacial score (nSPS) is 10.6. The van der Waals surface area contributed by atoms with Crippen molar-refractivity contribution in [2.75, 3.05) is 12.8 Å². The monoisotopic (exact) mass is 234 g/mol. The third-order valence-electron chi connectivity index (χ3n) is 1.90. The second-order valence-corrected chi connectivity index (χ2v) is 2.96. The zero-order chi connectivity index (χ0) is 12.3. The lowest BCUT2D eigenvalue weighted by atomic mass is 10.1. The highest BCUT2D eigenvalue weighted by Gasteiger charge is 2.22. The number of esters is 1. The highest BCUT2D eigenvalue weighted by Crippen LogP contribution is 2.26. The summed E-state index contributed by atoms with van der Waals surface area (Å²) in [5.41, 5.74) is 4.06. The van der Waals surface area contributed by atoms with Crippen molar-refractivity contribution in [3.05, 3.63) is 23.1 Å². The number of nitrogens with zero attached hydrogens (tertiary/aromatic N) is 1. The third-order valence-corrected chi connectivity index (χ3v) is 1.90. The zero-order valence-electron chi connectivity index (χ0n) is 8.34. The molecule has 0 atom stereocenters. The van der Waals surface area contributed by atoms with Gasteiger partial charge < -0.3 is 10.5 Å². The number of halogens is 3. The number of aromatic nitrogens is 1. The summed E-state index contributed by atoms with van der Waals surface area (Å²) in [5, 5.41) is 0. The second-order valence-electron chi connectivity index (χ2n) is 2.96. The highest BCUT2D eigenvalue weighted by molar-refractivity contribution is 5.73. The van der Waals surface area contributed by atoms with Crippen molar-refractivity contribution in [3.8, 4) is 0 Å². The molecule has 7 heteroatoms. The van der Waals surface area contributed by atoms with E-state index in [9.17, 15) is 18.0 Å². The Morgan fingerprint density at radius 3 is 2.75 bits per heavy atom. The third kappa shape index (κ3) is 2.62. The van der Waals surface area contributed by atoms with Crippen LogP contribution >= 0.6 is 0 Å². The van der Waals surface area contributed by atoms with Gasteiger partial charge in [0.05, 0.1) is 19.1 Å². The Kier molecular flexibility index (Phi) is 3.70. The number of nitrogens with two attached hydrogens (primary N) is 1. The molecular formula is C9H9F3N2O2. The van der Waals surface area contributed by atoms with Crippen LogP contribution in [0.25, 0.3) is 0 Å². The number of pyridine rings is 1. The maximum absolute atomic E-state index is 13.1. The highest BCUT2D eigenvalue weighted by atomic mass is 19.3. The lowest BCUT2D eigenvalue weighted by Gasteiger charge is -2.09. The first kappa shape index (κ1) is 12.3. The van der Waals surface area contributed by atoms with Crippen LogP contribution < -0.4 is 5.73 Å². The number of hydrogen-bond acceptors (Lipinski definition) is 4. The van der Waals surface area contributed by atoms with E-state index >= 15 is 0 Å². The summed E-state index contributed by atoms with van der Waals surface area (Å²) in [4.78, 5) is 14.0. The van der Waals surface area contributed by atoms with Gasteiger partial charge in [0, 0.05) is 0 Å². The van der Waals surface area contributed by atoms with Crippen molar-refractivity contribution >= 4 is 11.8 Å². The molecule has 88 valence electrons. The predicted molar refractivity (Wildman–Crippen MR) is 49.3 cm³/mol. The first-order valence-corrected chi connectivity index (χ1v) is 4.25. The molecule has 1 rings (SSSR count). The summed E-state index contributed by atoms with van der Waals surface area (Å²) in [5.74, 6) is -2.39. The summed E-state index contributed by atoms with van der Waals surface area (Å²) in [6, 6.07) is 1.03. The van der Waals surface area contributed by atoms with E-state index in [0.717, 1.165) is 13.2 Å². The number of methoxy groups -OCH3 is 1. The van der Waals surface area contributed by atoms with E-state index in [0.29, 0.717) is 0 Å². The van der Waals surface area contributed by atoms with Gasteiger partial charge in [0.1, 0.15) is 5.82 Å². The van der Waals surface area contributed by atoms with Crippen LogP contribution in [0.5, 0.6) is 0 Å².